The van der Waals surface area contributed by atoms with Gasteiger partial charge in [0.25, 0.3) is 11.8 Å². The maximum absolute atomic E-state index is 13.2. The van der Waals surface area contributed by atoms with Crippen LogP contribution < -0.4 is 15.4 Å². The number of thioether (sulfide) groups is 1. The third-order valence-corrected chi connectivity index (χ3v) is 6.95. The minimum atomic E-state index is -0.452. The van der Waals surface area contributed by atoms with Crippen molar-refractivity contribution in [1.82, 2.24) is 5.32 Å². The van der Waals surface area contributed by atoms with Crippen LogP contribution in [-0.4, -0.2) is 30.5 Å². The van der Waals surface area contributed by atoms with Crippen LogP contribution in [0.1, 0.15) is 26.3 Å². The Labute approximate surface area is 223 Å². The smallest absolute Gasteiger partial charge is 0.272 e. The number of amides is 2. The molecule has 37 heavy (non-hydrogen) atoms. The number of hydrogen-bond donors (Lipinski definition) is 2. The summed E-state index contributed by atoms with van der Waals surface area (Å²) in [6.07, 6.45) is 1.64. The number of benzene rings is 3. The van der Waals surface area contributed by atoms with Gasteiger partial charge in [-0.25, -0.2) is 0 Å². The van der Waals surface area contributed by atoms with Crippen LogP contribution in [0.25, 0.3) is 6.08 Å². The van der Waals surface area contributed by atoms with Crippen molar-refractivity contribution < 1.29 is 19.1 Å². The summed E-state index contributed by atoms with van der Waals surface area (Å²) in [7, 11) is 1.58. The lowest BCUT2D eigenvalue weighted by molar-refractivity contribution is -0.113. The van der Waals surface area contributed by atoms with E-state index in [2.05, 4.69) is 10.6 Å². The van der Waals surface area contributed by atoms with Crippen molar-refractivity contribution in [3.63, 3.8) is 0 Å². The van der Waals surface area contributed by atoms with E-state index in [9.17, 15) is 14.4 Å². The standard InChI is InChI=1S/C29H24N2O4S2/c1-35-24-12-10-21(11-13-24)27(32)19-37-25-9-5-8-23(17-25)30-29(34)26(16-20-14-15-36-18-20)31-28(33)22-6-3-2-4-7-22/h2-18H,19H2,1H3,(H,30,34)(H,31,33)/b26-16-. The molecule has 0 aliphatic rings. The molecule has 8 heteroatoms. The first-order valence-corrected chi connectivity index (χ1v) is 13.3. The van der Waals surface area contributed by atoms with Gasteiger partial charge in [0.1, 0.15) is 11.4 Å². The lowest BCUT2D eigenvalue weighted by atomic mass is 10.1. The second kappa shape index (κ2) is 12.7. The zero-order valence-corrected chi connectivity index (χ0v) is 21.6. The van der Waals surface area contributed by atoms with Gasteiger partial charge in [0.05, 0.1) is 12.9 Å². The summed E-state index contributed by atoms with van der Waals surface area (Å²) in [5, 5.41) is 9.37. The van der Waals surface area contributed by atoms with Crippen LogP contribution in [0.4, 0.5) is 5.69 Å². The number of rotatable bonds is 10. The lowest BCUT2D eigenvalue weighted by Crippen LogP contribution is -2.30. The fraction of sp³-hybridized carbons (Fsp3) is 0.0690. The van der Waals surface area contributed by atoms with Crippen LogP contribution in [0.5, 0.6) is 5.75 Å². The third-order valence-electron chi connectivity index (χ3n) is 5.26. The molecule has 0 aliphatic heterocycles. The highest BCUT2D eigenvalue weighted by Crippen LogP contribution is 2.24. The zero-order valence-electron chi connectivity index (χ0n) is 20.0. The van der Waals surface area contributed by atoms with Gasteiger partial charge < -0.3 is 15.4 Å². The number of Topliss-reactive ketones (excluding diaryl/α,β-unsaturated/α-hetero) is 1. The van der Waals surface area contributed by atoms with Gasteiger partial charge in [-0.3, -0.25) is 14.4 Å². The number of nitrogens with one attached hydrogen (secondary N) is 2. The average Bonchev–Trinajstić information content (AvgIpc) is 3.45. The van der Waals surface area contributed by atoms with Gasteiger partial charge in [-0.1, -0.05) is 24.3 Å². The minimum absolute atomic E-state index is 0.00769. The zero-order chi connectivity index (χ0) is 26.0. The Morgan fingerprint density at radius 1 is 0.919 bits per heavy atom. The molecule has 0 saturated heterocycles. The Morgan fingerprint density at radius 2 is 1.70 bits per heavy atom. The second-order valence-electron chi connectivity index (χ2n) is 7.86. The van der Waals surface area contributed by atoms with Crippen LogP contribution in [-0.2, 0) is 4.79 Å². The summed E-state index contributed by atoms with van der Waals surface area (Å²) >= 11 is 2.88. The van der Waals surface area contributed by atoms with E-state index in [1.165, 1.54) is 23.1 Å². The van der Waals surface area contributed by atoms with Crippen LogP contribution in [0.15, 0.2) is 106 Å². The number of thiophene rings is 1. The SMILES string of the molecule is COc1ccc(C(=O)CSc2cccc(NC(=O)/C(=C/c3ccsc3)NC(=O)c3ccccc3)c2)cc1. The topological polar surface area (TPSA) is 84.5 Å². The highest BCUT2D eigenvalue weighted by Gasteiger charge is 2.16. The highest BCUT2D eigenvalue weighted by atomic mass is 32.2. The third kappa shape index (κ3) is 7.42. The number of methoxy groups -OCH3 is 1. The van der Waals surface area contributed by atoms with Gasteiger partial charge in [0.2, 0.25) is 0 Å². The Balaban J connectivity index is 1.43. The number of carbonyl (C=O) groups excluding carboxylic acids is 3. The fourth-order valence-corrected chi connectivity index (χ4v) is 4.80. The van der Waals surface area contributed by atoms with E-state index in [1.807, 2.05) is 29.0 Å². The van der Waals surface area contributed by atoms with E-state index in [0.29, 0.717) is 22.6 Å². The van der Waals surface area contributed by atoms with Crippen molar-refractivity contribution in [3.8, 4) is 5.75 Å². The van der Waals surface area contributed by atoms with Crippen LogP contribution in [0.3, 0.4) is 0 Å². The van der Waals surface area contributed by atoms with E-state index < -0.39 is 5.91 Å². The number of anilines is 1. The molecule has 3 aromatic carbocycles. The molecule has 0 spiro atoms. The van der Waals surface area contributed by atoms with E-state index in [-0.39, 0.29) is 23.1 Å². The summed E-state index contributed by atoms with van der Waals surface area (Å²) in [6, 6.07) is 24.8. The summed E-state index contributed by atoms with van der Waals surface area (Å²) in [5.74, 6) is 0.109. The Kier molecular flexibility index (Phi) is 8.91. The molecule has 2 amide bonds. The van der Waals surface area contributed by atoms with Crippen LogP contribution in [0.2, 0.25) is 0 Å². The average molecular weight is 529 g/mol. The van der Waals surface area contributed by atoms with Crippen LogP contribution >= 0.6 is 23.1 Å². The fourth-order valence-electron chi connectivity index (χ4n) is 3.34. The molecular formula is C29H24N2O4S2. The van der Waals surface area contributed by atoms with Gasteiger partial charge in [0.15, 0.2) is 5.78 Å². The Hall–Kier alpha value is -4.14. The van der Waals surface area contributed by atoms with Gasteiger partial charge in [-0.05, 0) is 83.1 Å². The first kappa shape index (κ1) is 25.9. The molecule has 0 bridgehead atoms. The predicted molar refractivity (Wildman–Crippen MR) is 149 cm³/mol. The van der Waals surface area contributed by atoms with E-state index >= 15 is 0 Å². The largest absolute Gasteiger partial charge is 0.497 e. The number of ketones is 1. The molecule has 6 nitrogen and oxygen atoms in total. The molecule has 0 aliphatic carbocycles. The molecule has 0 unspecified atom stereocenters. The summed E-state index contributed by atoms with van der Waals surface area (Å²) in [6.45, 7) is 0. The number of ether oxygens (including phenoxy) is 1. The molecule has 0 atom stereocenters. The summed E-state index contributed by atoms with van der Waals surface area (Å²) in [5.41, 5.74) is 2.54. The van der Waals surface area contributed by atoms with Gasteiger partial charge in [-0.15, -0.1) is 11.8 Å². The molecule has 1 aromatic heterocycles. The normalized spacial score (nSPS) is 11.0. The van der Waals surface area contributed by atoms with Crippen molar-refractivity contribution in [3.05, 3.63) is 118 Å². The first-order chi connectivity index (χ1) is 18.0. The quantitative estimate of drug-likeness (QED) is 0.147. The van der Waals surface area contributed by atoms with Crippen molar-refractivity contribution in [2.75, 3.05) is 18.2 Å². The molecule has 186 valence electrons. The Bertz CT molecular complexity index is 1400. The summed E-state index contributed by atoms with van der Waals surface area (Å²) in [4.78, 5) is 39.3. The first-order valence-electron chi connectivity index (χ1n) is 11.3. The molecular weight excluding hydrogens is 504 g/mol. The number of carbonyl (C=O) groups is 3. The molecule has 4 rings (SSSR count). The lowest BCUT2D eigenvalue weighted by Gasteiger charge is -2.12. The molecule has 0 saturated carbocycles. The van der Waals surface area contributed by atoms with Crippen molar-refractivity contribution in [2.24, 2.45) is 0 Å². The highest BCUT2D eigenvalue weighted by molar-refractivity contribution is 8.00. The van der Waals surface area contributed by atoms with Gasteiger partial charge in [-0.2, -0.15) is 11.3 Å². The monoisotopic (exact) mass is 528 g/mol. The van der Waals surface area contributed by atoms with E-state index in [4.69, 9.17) is 4.74 Å². The van der Waals surface area contributed by atoms with Gasteiger partial charge >= 0.3 is 0 Å². The maximum Gasteiger partial charge on any atom is 0.272 e. The minimum Gasteiger partial charge on any atom is -0.497 e. The molecule has 2 N–H and O–H groups in total. The van der Waals surface area contributed by atoms with Gasteiger partial charge in [0, 0.05) is 21.7 Å². The second-order valence-corrected chi connectivity index (χ2v) is 9.69. The van der Waals surface area contributed by atoms with E-state index in [1.54, 1.807) is 79.9 Å². The molecule has 1 heterocycles. The van der Waals surface area contributed by atoms with Crippen molar-refractivity contribution in [1.29, 1.82) is 0 Å². The Morgan fingerprint density at radius 3 is 2.41 bits per heavy atom. The predicted octanol–water partition coefficient (Wildman–Crippen LogP) is 6.14. The maximum atomic E-state index is 13.2. The van der Waals surface area contributed by atoms with Crippen molar-refractivity contribution >= 4 is 52.5 Å². The molecule has 0 radical (unpaired) electrons. The van der Waals surface area contributed by atoms with E-state index in [0.717, 1.165) is 10.5 Å². The molecule has 4 aromatic rings. The summed E-state index contributed by atoms with van der Waals surface area (Å²) < 4.78 is 5.13. The van der Waals surface area contributed by atoms with Crippen LogP contribution in [0, 0.1) is 0 Å². The van der Waals surface area contributed by atoms with Crippen molar-refractivity contribution in [2.45, 2.75) is 4.90 Å². The molecule has 0 fully saturated rings. The number of hydrogen-bond acceptors (Lipinski definition) is 6.